The average molecular weight is 340 g/mol. The van der Waals surface area contributed by atoms with Gasteiger partial charge in [-0.15, -0.1) is 0 Å². The summed E-state index contributed by atoms with van der Waals surface area (Å²) in [5, 5.41) is 8.98. The van der Waals surface area contributed by atoms with E-state index in [2.05, 4.69) is 11.0 Å². The maximum atomic E-state index is 13.8. The smallest absolute Gasteiger partial charge is 0.270 e. The van der Waals surface area contributed by atoms with Crippen LogP contribution in [0.5, 0.6) is 0 Å². The summed E-state index contributed by atoms with van der Waals surface area (Å²) in [6, 6.07) is 10.5. The van der Waals surface area contributed by atoms with Crippen LogP contribution in [0.15, 0.2) is 36.5 Å². The number of carbonyl (C=O) groups is 1. The number of aryl methyl sites for hydroxylation is 1. The Hall–Kier alpha value is -2.65. The number of nitriles is 1. The number of benzene rings is 1. The zero-order valence-corrected chi connectivity index (χ0v) is 14.3. The molecular weight excluding hydrogens is 319 g/mol. The van der Waals surface area contributed by atoms with Gasteiger partial charge in [0.1, 0.15) is 17.6 Å². The molecule has 1 aromatic carbocycles. The quantitative estimate of drug-likeness (QED) is 0.862. The molecule has 1 amide bonds. The maximum absolute atomic E-state index is 13.8. The van der Waals surface area contributed by atoms with E-state index in [-0.39, 0.29) is 11.7 Å². The van der Waals surface area contributed by atoms with Crippen molar-refractivity contribution in [3.63, 3.8) is 0 Å². The molecule has 0 N–H and O–H groups in total. The molecule has 0 spiro atoms. The van der Waals surface area contributed by atoms with Crippen LogP contribution in [0.3, 0.4) is 0 Å². The second kappa shape index (κ2) is 7.49. The van der Waals surface area contributed by atoms with Gasteiger partial charge < -0.3 is 9.47 Å². The molecule has 2 aromatic rings. The Morgan fingerprint density at radius 1 is 1.24 bits per heavy atom. The summed E-state index contributed by atoms with van der Waals surface area (Å²) < 4.78 is 15.5. The Balaban J connectivity index is 1.65. The highest BCUT2D eigenvalue weighted by atomic mass is 19.1. The molecule has 130 valence electrons. The third-order valence-corrected chi connectivity index (χ3v) is 4.58. The number of nitrogens with zero attached hydrogens (tertiary/aromatic N) is 4. The highest BCUT2D eigenvalue weighted by Crippen LogP contribution is 2.15. The van der Waals surface area contributed by atoms with Gasteiger partial charge in [-0.1, -0.05) is 18.2 Å². The summed E-state index contributed by atoms with van der Waals surface area (Å²) in [6.45, 7) is 3.35. The van der Waals surface area contributed by atoms with Crippen molar-refractivity contribution < 1.29 is 9.18 Å². The van der Waals surface area contributed by atoms with Crippen LogP contribution >= 0.6 is 0 Å². The van der Waals surface area contributed by atoms with Crippen LogP contribution in [0.25, 0.3) is 0 Å². The van der Waals surface area contributed by atoms with E-state index in [1.54, 1.807) is 36.0 Å². The molecule has 5 nitrogen and oxygen atoms in total. The van der Waals surface area contributed by atoms with Gasteiger partial charge in [0.05, 0.1) is 5.56 Å². The molecule has 25 heavy (non-hydrogen) atoms. The van der Waals surface area contributed by atoms with Crippen molar-refractivity contribution in [1.29, 1.82) is 5.26 Å². The number of rotatable bonds is 3. The molecule has 0 atom stereocenters. The van der Waals surface area contributed by atoms with Crippen LogP contribution in [0.4, 0.5) is 4.39 Å². The minimum Gasteiger partial charge on any atom is -0.345 e. The Kier molecular flexibility index (Phi) is 5.15. The van der Waals surface area contributed by atoms with E-state index >= 15 is 0 Å². The van der Waals surface area contributed by atoms with Gasteiger partial charge in [-0.25, -0.2) is 4.39 Å². The summed E-state index contributed by atoms with van der Waals surface area (Å²) in [5.74, 6) is -0.246. The normalized spacial score (nSPS) is 15.6. The lowest BCUT2D eigenvalue weighted by Gasteiger charge is -2.22. The lowest BCUT2D eigenvalue weighted by Crippen LogP contribution is -2.36. The molecule has 1 aliphatic rings. The van der Waals surface area contributed by atoms with Crippen LogP contribution in [0.2, 0.25) is 0 Å². The van der Waals surface area contributed by atoms with Crippen LogP contribution in [-0.4, -0.2) is 46.5 Å². The fourth-order valence-electron chi connectivity index (χ4n) is 3.20. The number of halogens is 1. The van der Waals surface area contributed by atoms with Gasteiger partial charge in [0.25, 0.3) is 5.91 Å². The van der Waals surface area contributed by atoms with Crippen molar-refractivity contribution in [3.05, 3.63) is 59.2 Å². The Morgan fingerprint density at radius 2 is 2.04 bits per heavy atom. The Labute approximate surface area is 146 Å². The second-order valence-electron chi connectivity index (χ2n) is 6.35. The minimum absolute atomic E-state index is 0.0586. The Bertz CT molecular complexity index is 808. The standard InChI is InChI=1S/C19H21FN4O/c1-22-13-15(12-21)11-18(22)19(25)24-8-4-7-23(9-10-24)14-16-5-2-3-6-17(16)20/h2-3,5-6,11,13H,4,7-10,14H2,1H3. The number of carbonyl (C=O) groups excluding carboxylic acids is 1. The van der Waals surface area contributed by atoms with E-state index in [1.807, 2.05) is 11.0 Å². The maximum Gasteiger partial charge on any atom is 0.270 e. The molecular formula is C19H21FN4O. The van der Waals surface area contributed by atoms with E-state index < -0.39 is 0 Å². The highest BCUT2D eigenvalue weighted by Gasteiger charge is 2.23. The number of hydrogen-bond acceptors (Lipinski definition) is 3. The zero-order chi connectivity index (χ0) is 17.8. The molecule has 0 radical (unpaired) electrons. The second-order valence-corrected chi connectivity index (χ2v) is 6.35. The topological polar surface area (TPSA) is 52.3 Å². The lowest BCUT2D eigenvalue weighted by molar-refractivity contribution is 0.0751. The minimum atomic E-state index is -0.187. The van der Waals surface area contributed by atoms with Gasteiger partial charge >= 0.3 is 0 Å². The lowest BCUT2D eigenvalue weighted by atomic mass is 10.2. The molecule has 6 heteroatoms. The molecule has 0 aliphatic carbocycles. The zero-order valence-electron chi connectivity index (χ0n) is 14.3. The van der Waals surface area contributed by atoms with Gasteiger partial charge in [-0.3, -0.25) is 9.69 Å². The number of hydrogen-bond donors (Lipinski definition) is 0. The fraction of sp³-hybridized carbons (Fsp3) is 0.368. The van der Waals surface area contributed by atoms with E-state index in [1.165, 1.54) is 6.07 Å². The van der Waals surface area contributed by atoms with Crippen molar-refractivity contribution >= 4 is 5.91 Å². The van der Waals surface area contributed by atoms with Gasteiger partial charge in [0, 0.05) is 51.5 Å². The summed E-state index contributed by atoms with van der Waals surface area (Å²) in [6.07, 6.45) is 2.51. The number of aromatic nitrogens is 1. The SMILES string of the molecule is Cn1cc(C#N)cc1C(=O)N1CCCN(Cc2ccccc2F)CC1. The third kappa shape index (κ3) is 3.89. The van der Waals surface area contributed by atoms with Gasteiger partial charge in [0.2, 0.25) is 0 Å². The van der Waals surface area contributed by atoms with E-state index in [0.29, 0.717) is 43.0 Å². The Morgan fingerprint density at radius 3 is 2.76 bits per heavy atom. The number of amides is 1. The van der Waals surface area contributed by atoms with Gasteiger partial charge in [-0.2, -0.15) is 5.26 Å². The van der Waals surface area contributed by atoms with Crippen molar-refractivity contribution in [2.75, 3.05) is 26.2 Å². The summed E-state index contributed by atoms with van der Waals surface area (Å²) in [4.78, 5) is 16.7. The van der Waals surface area contributed by atoms with Gasteiger partial charge in [-0.05, 0) is 18.6 Å². The van der Waals surface area contributed by atoms with Crippen LogP contribution in [-0.2, 0) is 13.6 Å². The molecule has 0 saturated carbocycles. The molecule has 1 aromatic heterocycles. The van der Waals surface area contributed by atoms with Crippen LogP contribution in [0.1, 0.15) is 28.0 Å². The summed E-state index contributed by atoms with van der Waals surface area (Å²) in [7, 11) is 1.77. The highest BCUT2D eigenvalue weighted by molar-refractivity contribution is 5.93. The molecule has 2 heterocycles. The fourth-order valence-corrected chi connectivity index (χ4v) is 3.20. The van der Waals surface area contributed by atoms with Gasteiger partial charge in [0.15, 0.2) is 0 Å². The third-order valence-electron chi connectivity index (χ3n) is 4.58. The van der Waals surface area contributed by atoms with Crippen molar-refractivity contribution in [2.24, 2.45) is 7.05 Å². The monoisotopic (exact) mass is 340 g/mol. The predicted octanol–water partition coefficient (Wildman–Crippen LogP) is 2.38. The summed E-state index contributed by atoms with van der Waals surface area (Å²) in [5.41, 5.74) is 1.70. The molecule has 1 fully saturated rings. The molecule has 3 rings (SSSR count). The van der Waals surface area contributed by atoms with Crippen molar-refractivity contribution in [2.45, 2.75) is 13.0 Å². The summed E-state index contributed by atoms with van der Waals surface area (Å²) >= 11 is 0. The van der Waals surface area contributed by atoms with Crippen molar-refractivity contribution in [1.82, 2.24) is 14.4 Å². The molecule has 0 unspecified atom stereocenters. The molecule has 1 saturated heterocycles. The first-order valence-electron chi connectivity index (χ1n) is 8.40. The van der Waals surface area contributed by atoms with Crippen molar-refractivity contribution in [3.8, 4) is 6.07 Å². The van der Waals surface area contributed by atoms with E-state index in [0.717, 1.165) is 13.0 Å². The first-order valence-corrected chi connectivity index (χ1v) is 8.40. The molecule has 1 aliphatic heterocycles. The van der Waals surface area contributed by atoms with Crippen LogP contribution < -0.4 is 0 Å². The van der Waals surface area contributed by atoms with Crippen LogP contribution in [0, 0.1) is 17.1 Å². The largest absolute Gasteiger partial charge is 0.345 e. The first kappa shape index (κ1) is 17.2. The predicted molar refractivity (Wildman–Crippen MR) is 92.3 cm³/mol. The first-order chi connectivity index (χ1) is 12.1. The van der Waals surface area contributed by atoms with E-state index in [4.69, 9.17) is 5.26 Å². The van der Waals surface area contributed by atoms with E-state index in [9.17, 15) is 9.18 Å². The average Bonchev–Trinajstić information content (AvgIpc) is 2.84. The molecule has 0 bridgehead atoms.